The fourth-order valence-electron chi connectivity index (χ4n) is 3.47. The molecular weight excluding hydrogens is 228 g/mol. The number of rotatable bonds is 4. The summed E-state index contributed by atoms with van der Waals surface area (Å²) < 4.78 is 0. The smallest absolute Gasteiger partial charge is 0.224 e. The first-order chi connectivity index (χ1) is 8.72. The molecule has 4 nitrogen and oxygen atoms in total. The van der Waals surface area contributed by atoms with Crippen molar-refractivity contribution in [2.45, 2.75) is 51.0 Å². The fourth-order valence-corrected chi connectivity index (χ4v) is 3.47. The molecule has 4 N–H and O–H groups in total. The van der Waals surface area contributed by atoms with E-state index < -0.39 is 0 Å². The van der Waals surface area contributed by atoms with Crippen molar-refractivity contribution in [3.63, 3.8) is 0 Å². The lowest BCUT2D eigenvalue weighted by Crippen LogP contribution is -2.42. The molecule has 1 amide bonds. The van der Waals surface area contributed by atoms with Gasteiger partial charge in [0.15, 0.2) is 0 Å². The summed E-state index contributed by atoms with van der Waals surface area (Å²) in [5.41, 5.74) is 5.94. The van der Waals surface area contributed by atoms with E-state index in [1.165, 1.54) is 12.8 Å². The molecule has 0 heterocycles. The largest absolute Gasteiger partial charge is 0.396 e. The highest BCUT2D eigenvalue weighted by Gasteiger charge is 2.31. The van der Waals surface area contributed by atoms with E-state index in [0.29, 0.717) is 18.4 Å². The molecule has 2 aliphatic carbocycles. The predicted molar refractivity (Wildman–Crippen MR) is 70.9 cm³/mol. The Hall–Kier alpha value is -0.610. The maximum absolute atomic E-state index is 12.0. The first-order valence-corrected chi connectivity index (χ1v) is 7.36. The van der Waals surface area contributed by atoms with E-state index in [-0.39, 0.29) is 24.5 Å². The number of hydrogen-bond acceptors (Lipinski definition) is 3. The zero-order valence-electron chi connectivity index (χ0n) is 11.1. The topological polar surface area (TPSA) is 75.4 Å². The van der Waals surface area contributed by atoms with Crippen LogP contribution in [0.2, 0.25) is 0 Å². The maximum Gasteiger partial charge on any atom is 0.224 e. The number of carbonyl (C=O) groups is 1. The molecule has 104 valence electrons. The summed E-state index contributed by atoms with van der Waals surface area (Å²) >= 11 is 0. The highest BCUT2D eigenvalue weighted by Crippen LogP contribution is 2.29. The molecule has 0 saturated heterocycles. The molecule has 0 aromatic rings. The van der Waals surface area contributed by atoms with Gasteiger partial charge in [0, 0.05) is 19.2 Å². The van der Waals surface area contributed by atoms with E-state index in [4.69, 9.17) is 5.73 Å². The second kappa shape index (κ2) is 6.53. The number of amides is 1. The third-order valence-electron chi connectivity index (χ3n) is 4.75. The van der Waals surface area contributed by atoms with Gasteiger partial charge < -0.3 is 16.2 Å². The average Bonchev–Trinajstić information content (AvgIpc) is 2.82. The number of aliphatic hydroxyl groups is 1. The summed E-state index contributed by atoms with van der Waals surface area (Å²) in [4.78, 5) is 12.0. The van der Waals surface area contributed by atoms with Crippen LogP contribution >= 0.6 is 0 Å². The Bertz CT molecular complexity index is 283. The SMILES string of the molecule is NC1CCCC1C(=O)NCC1CCCCC1CO. The van der Waals surface area contributed by atoms with E-state index in [0.717, 1.165) is 32.1 Å². The molecule has 0 aromatic carbocycles. The van der Waals surface area contributed by atoms with Crippen molar-refractivity contribution >= 4 is 5.91 Å². The first-order valence-electron chi connectivity index (χ1n) is 7.36. The third kappa shape index (κ3) is 3.23. The molecule has 4 heteroatoms. The van der Waals surface area contributed by atoms with Crippen LogP contribution < -0.4 is 11.1 Å². The Balaban J connectivity index is 1.77. The third-order valence-corrected chi connectivity index (χ3v) is 4.75. The Morgan fingerprint density at radius 3 is 2.44 bits per heavy atom. The molecule has 0 spiro atoms. The normalized spacial score (nSPS) is 36.6. The van der Waals surface area contributed by atoms with Crippen LogP contribution in [0.5, 0.6) is 0 Å². The van der Waals surface area contributed by atoms with Gasteiger partial charge in [-0.25, -0.2) is 0 Å². The van der Waals surface area contributed by atoms with Gasteiger partial charge in [-0.1, -0.05) is 19.3 Å². The van der Waals surface area contributed by atoms with Gasteiger partial charge in [-0.05, 0) is 37.5 Å². The van der Waals surface area contributed by atoms with Crippen LogP contribution in [0.15, 0.2) is 0 Å². The quantitative estimate of drug-likeness (QED) is 0.701. The summed E-state index contributed by atoms with van der Waals surface area (Å²) in [5, 5.41) is 12.4. The van der Waals surface area contributed by atoms with E-state index in [1.807, 2.05) is 0 Å². The zero-order chi connectivity index (χ0) is 13.0. The summed E-state index contributed by atoms with van der Waals surface area (Å²) in [6, 6.07) is 0.0463. The predicted octanol–water partition coefficient (Wildman–Crippen LogP) is 1.03. The molecule has 0 bridgehead atoms. The van der Waals surface area contributed by atoms with Crippen molar-refractivity contribution in [2.24, 2.45) is 23.5 Å². The minimum absolute atomic E-state index is 0.0150. The van der Waals surface area contributed by atoms with Gasteiger partial charge in [0.2, 0.25) is 5.91 Å². The lowest BCUT2D eigenvalue weighted by Gasteiger charge is -2.30. The number of nitrogens with one attached hydrogen (secondary N) is 1. The molecule has 0 aromatic heterocycles. The van der Waals surface area contributed by atoms with Crippen LogP contribution in [0.4, 0.5) is 0 Å². The minimum atomic E-state index is 0.0150. The first kappa shape index (κ1) is 13.8. The number of hydrogen-bond donors (Lipinski definition) is 3. The lowest BCUT2D eigenvalue weighted by atomic mass is 9.79. The molecule has 0 radical (unpaired) electrons. The van der Waals surface area contributed by atoms with Crippen molar-refractivity contribution < 1.29 is 9.90 Å². The van der Waals surface area contributed by atoms with Crippen LogP contribution in [0.1, 0.15) is 44.9 Å². The highest BCUT2D eigenvalue weighted by molar-refractivity contribution is 5.79. The van der Waals surface area contributed by atoms with Crippen LogP contribution in [0.3, 0.4) is 0 Å². The fraction of sp³-hybridized carbons (Fsp3) is 0.929. The average molecular weight is 254 g/mol. The van der Waals surface area contributed by atoms with Crippen LogP contribution in [-0.4, -0.2) is 30.2 Å². The van der Waals surface area contributed by atoms with Gasteiger partial charge in [-0.2, -0.15) is 0 Å². The molecule has 18 heavy (non-hydrogen) atoms. The van der Waals surface area contributed by atoms with Crippen molar-refractivity contribution in [1.82, 2.24) is 5.32 Å². The van der Waals surface area contributed by atoms with E-state index >= 15 is 0 Å². The summed E-state index contributed by atoms with van der Waals surface area (Å²) in [6.07, 6.45) is 7.63. The van der Waals surface area contributed by atoms with Crippen molar-refractivity contribution in [3.05, 3.63) is 0 Å². The van der Waals surface area contributed by atoms with Crippen LogP contribution in [0, 0.1) is 17.8 Å². The molecule has 0 aliphatic heterocycles. The summed E-state index contributed by atoms with van der Waals surface area (Å²) in [7, 11) is 0. The molecule has 4 atom stereocenters. The van der Waals surface area contributed by atoms with E-state index in [1.54, 1.807) is 0 Å². The van der Waals surface area contributed by atoms with Crippen LogP contribution in [0.25, 0.3) is 0 Å². The molecule has 2 rings (SSSR count). The Morgan fingerprint density at radius 2 is 1.83 bits per heavy atom. The van der Waals surface area contributed by atoms with Crippen LogP contribution in [-0.2, 0) is 4.79 Å². The molecule has 4 unspecified atom stereocenters. The Morgan fingerprint density at radius 1 is 1.11 bits per heavy atom. The van der Waals surface area contributed by atoms with Crippen molar-refractivity contribution in [3.8, 4) is 0 Å². The molecular formula is C14H26N2O2. The second-order valence-electron chi connectivity index (χ2n) is 5.93. The number of aliphatic hydroxyl groups excluding tert-OH is 1. The van der Waals surface area contributed by atoms with Gasteiger partial charge in [0.1, 0.15) is 0 Å². The zero-order valence-corrected chi connectivity index (χ0v) is 11.1. The molecule has 2 saturated carbocycles. The number of carbonyl (C=O) groups excluding carboxylic acids is 1. The van der Waals surface area contributed by atoms with Gasteiger partial charge in [0.25, 0.3) is 0 Å². The minimum Gasteiger partial charge on any atom is -0.396 e. The van der Waals surface area contributed by atoms with Gasteiger partial charge in [-0.15, -0.1) is 0 Å². The van der Waals surface area contributed by atoms with Gasteiger partial charge in [-0.3, -0.25) is 4.79 Å². The Kier molecular flexibility index (Phi) is 5.01. The van der Waals surface area contributed by atoms with Crippen molar-refractivity contribution in [1.29, 1.82) is 0 Å². The monoisotopic (exact) mass is 254 g/mol. The standard InChI is InChI=1S/C14H26N2O2/c15-13-7-3-6-12(13)14(18)16-8-10-4-1-2-5-11(10)9-17/h10-13,17H,1-9,15H2,(H,16,18). The van der Waals surface area contributed by atoms with Gasteiger partial charge in [0.05, 0.1) is 5.92 Å². The van der Waals surface area contributed by atoms with E-state index in [9.17, 15) is 9.90 Å². The summed E-state index contributed by atoms with van der Waals surface area (Å²) in [6.45, 7) is 0.969. The second-order valence-corrected chi connectivity index (χ2v) is 5.93. The summed E-state index contributed by atoms with van der Waals surface area (Å²) in [5.74, 6) is 0.963. The molecule has 2 fully saturated rings. The lowest BCUT2D eigenvalue weighted by molar-refractivity contribution is -0.125. The van der Waals surface area contributed by atoms with Crippen molar-refractivity contribution in [2.75, 3.05) is 13.2 Å². The van der Waals surface area contributed by atoms with Gasteiger partial charge >= 0.3 is 0 Å². The maximum atomic E-state index is 12.0. The van der Waals surface area contributed by atoms with E-state index in [2.05, 4.69) is 5.32 Å². The molecule has 2 aliphatic rings. The Labute approximate surface area is 109 Å². The highest BCUT2D eigenvalue weighted by atomic mass is 16.3. The number of nitrogens with two attached hydrogens (primary N) is 1.